The summed E-state index contributed by atoms with van der Waals surface area (Å²) in [5, 5.41) is 0. The highest BCUT2D eigenvalue weighted by molar-refractivity contribution is 6.19. The van der Waals surface area contributed by atoms with Gasteiger partial charge in [0.15, 0.2) is 6.29 Å². The van der Waals surface area contributed by atoms with Crippen LogP contribution in [0.4, 0.5) is 0 Å². The number of rotatable bonds is 6. The Kier molecular flexibility index (Phi) is 7.25. The van der Waals surface area contributed by atoms with Crippen molar-refractivity contribution in [2.24, 2.45) is 0 Å². The predicted molar refractivity (Wildman–Crippen MR) is 55.5 cm³/mol. The quantitative estimate of drug-likeness (QED) is 0.410. The fraction of sp³-hybridized carbons (Fsp3) is 1.00. The van der Waals surface area contributed by atoms with Crippen LogP contribution in [0.1, 0.15) is 13.8 Å². The Morgan fingerprint density at radius 1 is 1.18 bits per heavy atom. The van der Waals surface area contributed by atoms with Gasteiger partial charge in [-0.25, -0.2) is 0 Å². The van der Waals surface area contributed by atoms with Gasteiger partial charge >= 0.3 is 0 Å². The smallest absolute Gasteiger partial charge is 0.156 e. The van der Waals surface area contributed by atoms with Crippen molar-refractivity contribution in [3.63, 3.8) is 0 Å². The molecule has 0 aromatic rings. The topological polar surface area (TPSA) is 18.5 Å². The second-order valence-electron chi connectivity index (χ2n) is 2.66. The third kappa shape index (κ3) is 4.73. The van der Waals surface area contributed by atoms with Gasteiger partial charge in [-0.2, -0.15) is 0 Å². The minimum absolute atomic E-state index is 0.0918. The lowest BCUT2D eigenvalue weighted by molar-refractivity contribution is -0.135. The molecular formula is C7H20O2Si2. The summed E-state index contributed by atoms with van der Waals surface area (Å²) in [4.78, 5) is 0. The van der Waals surface area contributed by atoms with Crippen LogP contribution in [-0.2, 0) is 9.47 Å². The highest BCUT2D eigenvalue weighted by Gasteiger charge is 2.14. The first-order valence-corrected chi connectivity index (χ1v) is 7.06. The highest BCUT2D eigenvalue weighted by atomic mass is 28.2. The summed E-state index contributed by atoms with van der Waals surface area (Å²) < 4.78 is 10.9. The van der Waals surface area contributed by atoms with Crippen molar-refractivity contribution in [3.8, 4) is 0 Å². The molecule has 0 aliphatic carbocycles. The van der Waals surface area contributed by atoms with Gasteiger partial charge in [-0.15, -0.1) is 0 Å². The molecule has 11 heavy (non-hydrogen) atoms. The maximum atomic E-state index is 5.47. The monoisotopic (exact) mass is 192 g/mol. The van der Waals surface area contributed by atoms with Crippen LogP contribution in [0, 0.1) is 0 Å². The van der Waals surface area contributed by atoms with Crippen LogP contribution in [0.25, 0.3) is 0 Å². The standard InChI is InChI=1S/C7H20O2Si2/c1-3-8-7(9-4-2)6(11)5-10/h6-7H,3-5H2,1-2,10-11H3. The molecule has 0 aromatic carbocycles. The molecule has 0 aliphatic heterocycles. The van der Waals surface area contributed by atoms with Crippen molar-refractivity contribution < 1.29 is 9.47 Å². The van der Waals surface area contributed by atoms with Gasteiger partial charge in [0.25, 0.3) is 0 Å². The first-order valence-electron chi connectivity index (χ1n) is 4.49. The van der Waals surface area contributed by atoms with Crippen molar-refractivity contribution in [2.75, 3.05) is 13.2 Å². The van der Waals surface area contributed by atoms with E-state index in [0.717, 1.165) is 13.2 Å². The third-order valence-electron chi connectivity index (χ3n) is 1.77. The van der Waals surface area contributed by atoms with E-state index in [9.17, 15) is 0 Å². The van der Waals surface area contributed by atoms with E-state index >= 15 is 0 Å². The minimum Gasteiger partial charge on any atom is -0.353 e. The van der Waals surface area contributed by atoms with E-state index in [1.54, 1.807) is 0 Å². The normalized spacial score (nSPS) is 14.5. The molecule has 0 spiro atoms. The Hall–Kier alpha value is 0.354. The lowest BCUT2D eigenvalue weighted by Crippen LogP contribution is -2.23. The predicted octanol–water partition coefficient (Wildman–Crippen LogP) is -0.677. The molecule has 0 heterocycles. The molecule has 0 aliphatic rings. The van der Waals surface area contributed by atoms with Crippen LogP contribution < -0.4 is 0 Å². The van der Waals surface area contributed by atoms with E-state index in [0.29, 0.717) is 5.54 Å². The molecular weight excluding hydrogens is 172 g/mol. The molecule has 0 rings (SSSR count). The number of ether oxygens (including phenoxy) is 2. The summed E-state index contributed by atoms with van der Waals surface area (Å²) in [7, 11) is 2.45. The molecule has 0 amide bonds. The second kappa shape index (κ2) is 7.03. The summed E-state index contributed by atoms with van der Waals surface area (Å²) >= 11 is 0. The zero-order chi connectivity index (χ0) is 8.69. The second-order valence-corrected chi connectivity index (χ2v) is 4.96. The van der Waals surface area contributed by atoms with Crippen LogP contribution >= 0.6 is 0 Å². The molecule has 1 atom stereocenters. The Labute approximate surface area is 75.5 Å². The third-order valence-corrected chi connectivity index (χ3v) is 6.05. The summed E-state index contributed by atoms with van der Waals surface area (Å²) in [6, 6.07) is 1.30. The van der Waals surface area contributed by atoms with Crippen LogP contribution in [0.3, 0.4) is 0 Å². The fourth-order valence-corrected chi connectivity index (χ4v) is 1.67. The zero-order valence-corrected chi connectivity index (χ0v) is 12.1. The van der Waals surface area contributed by atoms with E-state index in [4.69, 9.17) is 9.47 Å². The van der Waals surface area contributed by atoms with Crippen LogP contribution in [0.2, 0.25) is 11.6 Å². The SMILES string of the molecule is CCOC(OCC)C([SiH3])C[SiH3]. The van der Waals surface area contributed by atoms with Gasteiger partial charge in [0.05, 0.1) is 0 Å². The average molecular weight is 192 g/mol. The van der Waals surface area contributed by atoms with Crippen LogP contribution in [0.5, 0.6) is 0 Å². The molecule has 0 fully saturated rings. The van der Waals surface area contributed by atoms with Gasteiger partial charge in [-0.3, -0.25) is 0 Å². The van der Waals surface area contributed by atoms with Gasteiger partial charge < -0.3 is 9.47 Å². The van der Waals surface area contributed by atoms with Gasteiger partial charge in [0, 0.05) is 33.7 Å². The maximum absolute atomic E-state index is 5.47. The Morgan fingerprint density at radius 3 is 1.91 bits per heavy atom. The van der Waals surface area contributed by atoms with Crippen molar-refractivity contribution in [1.82, 2.24) is 0 Å². The van der Waals surface area contributed by atoms with Gasteiger partial charge in [-0.05, 0) is 19.4 Å². The van der Waals surface area contributed by atoms with Crippen LogP contribution in [-0.4, -0.2) is 40.0 Å². The maximum Gasteiger partial charge on any atom is 0.156 e. The largest absolute Gasteiger partial charge is 0.353 e. The fourth-order valence-electron chi connectivity index (χ4n) is 0.898. The van der Waals surface area contributed by atoms with E-state index in [1.807, 2.05) is 13.8 Å². The Balaban J connectivity index is 3.66. The molecule has 2 nitrogen and oxygen atoms in total. The molecule has 1 unspecified atom stereocenters. The van der Waals surface area contributed by atoms with Gasteiger partial charge in [-0.1, -0.05) is 6.04 Å². The van der Waals surface area contributed by atoms with E-state index in [2.05, 4.69) is 0 Å². The average Bonchev–Trinajstić information content (AvgIpc) is 2.03. The first-order chi connectivity index (χ1) is 5.26. The first kappa shape index (κ1) is 11.4. The van der Waals surface area contributed by atoms with Crippen molar-refractivity contribution in [2.45, 2.75) is 31.7 Å². The highest BCUT2D eigenvalue weighted by Crippen LogP contribution is 2.14. The molecule has 0 saturated carbocycles. The van der Waals surface area contributed by atoms with E-state index < -0.39 is 0 Å². The minimum atomic E-state index is 0.0918. The summed E-state index contributed by atoms with van der Waals surface area (Å²) in [6.45, 7) is 5.58. The van der Waals surface area contributed by atoms with Crippen molar-refractivity contribution in [1.29, 1.82) is 0 Å². The Bertz CT molecular complexity index is 84.5. The van der Waals surface area contributed by atoms with Crippen molar-refractivity contribution in [3.05, 3.63) is 0 Å². The molecule has 0 aromatic heterocycles. The lowest BCUT2D eigenvalue weighted by atomic mass is 10.4. The van der Waals surface area contributed by atoms with E-state index in [-0.39, 0.29) is 6.29 Å². The zero-order valence-electron chi connectivity index (χ0n) is 8.09. The molecule has 68 valence electrons. The van der Waals surface area contributed by atoms with E-state index in [1.165, 1.54) is 26.5 Å². The number of hydrogen-bond donors (Lipinski definition) is 0. The Morgan fingerprint density at radius 2 is 1.64 bits per heavy atom. The molecule has 0 bridgehead atoms. The molecule has 0 radical (unpaired) electrons. The molecule has 0 N–H and O–H groups in total. The summed E-state index contributed by atoms with van der Waals surface area (Å²) in [5.74, 6) is 0. The van der Waals surface area contributed by atoms with Crippen molar-refractivity contribution >= 4 is 20.5 Å². The lowest BCUT2D eigenvalue weighted by Gasteiger charge is -2.22. The molecule has 0 saturated heterocycles. The van der Waals surface area contributed by atoms with Gasteiger partial charge in [0.1, 0.15) is 0 Å². The summed E-state index contributed by atoms with van der Waals surface area (Å²) in [5.41, 5.74) is 0.696. The molecule has 4 heteroatoms. The van der Waals surface area contributed by atoms with Gasteiger partial charge in [0.2, 0.25) is 0 Å². The summed E-state index contributed by atoms with van der Waals surface area (Å²) in [6.07, 6.45) is 0.0918. The number of hydrogen-bond acceptors (Lipinski definition) is 2. The van der Waals surface area contributed by atoms with Crippen LogP contribution in [0.15, 0.2) is 0 Å².